The molecule has 0 fully saturated rings. The molecule has 0 radical (unpaired) electrons. The summed E-state index contributed by atoms with van der Waals surface area (Å²) < 4.78 is 23.3. The average Bonchev–Trinajstić information content (AvgIpc) is 2.18. The minimum Gasteiger partial charge on any atom is -0.304 e. The average molecular weight is 277 g/mol. The molecule has 94 valence electrons. The predicted molar refractivity (Wildman–Crippen MR) is 66.1 cm³/mol. The number of carbonyl (C=O) groups excluding carboxylic acids is 1. The maximum absolute atomic E-state index is 11.1. The first kappa shape index (κ1) is 14.0. The monoisotopic (exact) mass is 276 g/mol. The van der Waals surface area contributed by atoms with E-state index < -0.39 is 15.9 Å². The van der Waals surface area contributed by atoms with Crippen molar-refractivity contribution in [1.29, 1.82) is 0 Å². The molecule has 0 bridgehead atoms. The van der Waals surface area contributed by atoms with Gasteiger partial charge in [0.15, 0.2) is 0 Å². The van der Waals surface area contributed by atoms with Crippen LogP contribution in [0, 0.1) is 0 Å². The Morgan fingerprint density at radius 1 is 1.29 bits per heavy atom. The standard InChI is InChI=1S/C10H13ClN2O3S/c1-17(15,16)13-10(14)7-12-6-8-2-4-9(11)5-3-8/h2-5,12H,6-7H2,1H3,(H,13,14). The molecule has 0 heterocycles. The molecule has 0 saturated heterocycles. The van der Waals surface area contributed by atoms with E-state index in [0.29, 0.717) is 11.6 Å². The zero-order valence-electron chi connectivity index (χ0n) is 9.23. The van der Waals surface area contributed by atoms with Crippen LogP contribution in [0.3, 0.4) is 0 Å². The molecule has 1 amide bonds. The Bertz CT molecular complexity index is 485. The lowest BCUT2D eigenvalue weighted by Gasteiger charge is -2.05. The summed E-state index contributed by atoms with van der Waals surface area (Å²) in [5.41, 5.74) is 0.960. The summed E-state index contributed by atoms with van der Waals surface area (Å²) in [6.07, 6.45) is 0.935. The molecule has 1 rings (SSSR count). The zero-order chi connectivity index (χ0) is 12.9. The van der Waals surface area contributed by atoms with E-state index in [2.05, 4.69) is 5.32 Å². The van der Waals surface area contributed by atoms with E-state index in [1.54, 1.807) is 12.1 Å². The van der Waals surface area contributed by atoms with Crippen LogP contribution in [-0.4, -0.2) is 27.1 Å². The van der Waals surface area contributed by atoms with Crippen LogP contribution in [0.4, 0.5) is 0 Å². The van der Waals surface area contributed by atoms with Crippen LogP contribution >= 0.6 is 11.6 Å². The Balaban J connectivity index is 2.33. The number of hydrogen-bond donors (Lipinski definition) is 2. The zero-order valence-corrected chi connectivity index (χ0v) is 10.8. The Morgan fingerprint density at radius 2 is 1.88 bits per heavy atom. The quantitative estimate of drug-likeness (QED) is 0.821. The summed E-state index contributed by atoms with van der Waals surface area (Å²) in [5.74, 6) is -0.582. The van der Waals surface area contributed by atoms with Gasteiger partial charge in [-0.25, -0.2) is 8.42 Å². The topological polar surface area (TPSA) is 75.3 Å². The number of benzene rings is 1. The maximum atomic E-state index is 11.1. The van der Waals surface area contributed by atoms with Gasteiger partial charge < -0.3 is 5.32 Å². The first-order valence-electron chi connectivity index (χ1n) is 4.82. The van der Waals surface area contributed by atoms with E-state index in [1.807, 2.05) is 16.9 Å². The van der Waals surface area contributed by atoms with Gasteiger partial charge in [0.05, 0.1) is 12.8 Å². The first-order valence-corrected chi connectivity index (χ1v) is 7.09. The van der Waals surface area contributed by atoms with Crippen LogP contribution in [0.1, 0.15) is 5.56 Å². The number of nitrogens with one attached hydrogen (secondary N) is 2. The van der Waals surface area contributed by atoms with Gasteiger partial charge in [0, 0.05) is 11.6 Å². The Hall–Kier alpha value is -1.11. The lowest BCUT2D eigenvalue weighted by molar-refractivity contribution is -0.118. The van der Waals surface area contributed by atoms with Crippen molar-refractivity contribution >= 4 is 27.5 Å². The van der Waals surface area contributed by atoms with E-state index in [-0.39, 0.29) is 6.54 Å². The second kappa shape index (κ2) is 6.00. The molecule has 0 unspecified atom stereocenters. The second-order valence-electron chi connectivity index (χ2n) is 3.53. The van der Waals surface area contributed by atoms with Gasteiger partial charge in [-0.15, -0.1) is 0 Å². The largest absolute Gasteiger partial charge is 0.304 e. The Labute approximate surface area is 105 Å². The van der Waals surface area contributed by atoms with Gasteiger partial charge in [-0.1, -0.05) is 23.7 Å². The van der Waals surface area contributed by atoms with Crippen LogP contribution in [0.15, 0.2) is 24.3 Å². The number of carbonyl (C=O) groups is 1. The normalized spacial score (nSPS) is 11.2. The molecule has 1 aromatic rings. The highest BCUT2D eigenvalue weighted by Gasteiger charge is 2.07. The summed E-state index contributed by atoms with van der Waals surface area (Å²) in [7, 11) is -3.48. The third-order valence-electron chi connectivity index (χ3n) is 1.83. The van der Waals surface area contributed by atoms with Crippen LogP contribution in [-0.2, 0) is 21.4 Å². The second-order valence-corrected chi connectivity index (χ2v) is 5.71. The van der Waals surface area contributed by atoms with Crippen molar-refractivity contribution in [2.45, 2.75) is 6.54 Å². The van der Waals surface area contributed by atoms with E-state index in [4.69, 9.17) is 11.6 Å². The minimum absolute atomic E-state index is 0.0598. The van der Waals surface area contributed by atoms with Gasteiger partial charge in [-0.05, 0) is 17.7 Å². The third kappa shape index (κ3) is 6.25. The summed E-state index contributed by atoms with van der Waals surface area (Å²) in [6.45, 7) is 0.407. The molecular formula is C10H13ClN2O3S. The highest BCUT2D eigenvalue weighted by molar-refractivity contribution is 7.89. The molecule has 2 N–H and O–H groups in total. The smallest absolute Gasteiger partial charge is 0.247 e. The van der Waals surface area contributed by atoms with E-state index in [0.717, 1.165) is 11.8 Å². The van der Waals surface area contributed by atoms with Crippen LogP contribution in [0.2, 0.25) is 5.02 Å². The molecule has 1 aromatic carbocycles. The summed E-state index contributed by atoms with van der Waals surface area (Å²) in [6, 6.07) is 7.14. The minimum atomic E-state index is -3.48. The highest BCUT2D eigenvalue weighted by atomic mass is 35.5. The van der Waals surface area contributed by atoms with Crippen molar-refractivity contribution in [1.82, 2.24) is 10.0 Å². The number of sulfonamides is 1. The van der Waals surface area contributed by atoms with Crippen molar-refractivity contribution in [2.24, 2.45) is 0 Å². The van der Waals surface area contributed by atoms with E-state index >= 15 is 0 Å². The SMILES string of the molecule is CS(=O)(=O)NC(=O)CNCc1ccc(Cl)cc1. The molecule has 0 spiro atoms. The predicted octanol–water partition coefficient (Wildman–Crippen LogP) is 0.505. The van der Waals surface area contributed by atoms with Crippen molar-refractivity contribution in [3.05, 3.63) is 34.9 Å². The number of amides is 1. The fourth-order valence-electron chi connectivity index (χ4n) is 1.17. The summed E-state index contributed by atoms with van der Waals surface area (Å²) in [5, 5.41) is 3.47. The van der Waals surface area contributed by atoms with Gasteiger partial charge in [-0.3, -0.25) is 9.52 Å². The summed E-state index contributed by atoms with van der Waals surface area (Å²) >= 11 is 5.72. The molecule has 0 aliphatic carbocycles. The fraction of sp³-hybridized carbons (Fsp3) is 0.300. The molecule has 0 atom stereocenters. The highest BCUT2D eigenvalue weighted by Crippen LogP contribution is 2.08. The fourth-order valence-corrected chi connectivity index (χ4v) is 1.78. The molecular weight excluding hydrogens is 264 g/mol. The maximum Gasteiger partial charge on any atom is 0.247 e. The number of halogens is 1. The Morgan fingerprint density at radius 3 is 2.41 bits per heavy atom. The van der Waals surface area contributed by atoms with Crippen LogP contribution in [0.5, 0.6) is 0 Å². The van der Waals surface area contributed by atoms with Crippen molar-refractivity contribution in [3.63, 3.8) is 0 Å². The molecule has 0 aliphatic rings. The van der Waals surface area contributed by atoms with Crippen molar-refractivity contribution in [2.75, 3.05) is 12.8 Å². The van der Waals surface area contributed by atoms with Gasteiger partial charge in [0.25, 0.3) is 0 Å². The van der Waals surface area contributed by atoms with Crippen molar-refractivity contribution in [3.8, 4) is 0 Å². The lowest BCUT2D eigenvalue weighted by atomic mass is 10.2. The molecule has 0 saturated carbocycles. The lowest BCUT2D eigenvalue weighted by Crippen LogP contribution is -2.36. The van der Waals surface area contributed by atoms with Crippen molar-refractivity contribution < 1.29 is 13.2 Å². The number of hydrogen-bond acceptors (Lipinski definition) is 4. The molecule has 7 heteroatoms. The first-order chi connectivity index (χ1) is 7.87. The third-order valence-corrected chi connectivity index (χ3v) is 2.68. The van der Waals surface area contributed by atoms with Gasteiger partial charge in [0.2, 0.25) is 15.9 Å². The molecule has 0 aliphatic heterocycles. The Kier molecular flexibility index (Phi) is 4.92. The van der Waals surface area contributed by atoms with Gasteiger partial charge in [-0.2, -0.15) is 0 Å². The molecule has 0 aromatic heterocycles. The number of rotatable bonds is 5. The summed E-state index contributed by atoms with van der Waals surface area (Å²) in [4.78, 5) is 11.1. The van der Waals surface area contributed by atoms with Crippen LogP contribution in [0.25, 0.3) is 0 Å². The molecule has 17 heavy (non-hydrogen) atoms. The van der Waals surface area contributed by atoms with Gasteiger partial charge in [0.1, 0.15) is 0 Å². The van der Waals surface area contributed by atoms with E-state index in [1.165, 1.54) is 0 Å². The van der Waals surface area contributed by atoms with E-state index in [9.17, 15) is 13.2 Å². The van der Waals surface area contributed by atoms with Gasteiger partial charge >= 0.3 is 0 Å². The van der Waals surface area contributed by atoms with Crippen LogP contribution < -0.4 is 10.0 Å². The molecule has 5 nitrogen and oxygen atoms in total.